The molecule has 0 saturated heterocycles. The first kappa shape index (κ1) is 28.0. The fraction of sp³-hybridized carbons (Fsp3) is 0.191. The largest absolute Gasteiger partial charge is 0.458 e. The van der Waals surface area contributed by atoms with Gasteiger partial charge in [-0.1, -0.05) is 273 Å². The van der Waals surface area contributed by atoms with Crippen LogP contribution < -0.4 is 30.1 Å². The molecule has 16 rings (SSSR count). The molecule has 5 nitrogen and oxygen atoms in total. The number of ether oxygens (including phenoxy) is 1. The van der Waals surface area contributed by atoms with Gasteiger partial charge in [0.05, 0.1) is 48.5 Å². The van der Waals surface area contributed by atoms with Crippen LogP contribution in [0.25, 0.3) is 83.4 Å². The molecule has 14 aromatic rings. The average Bonchev–Trinajstić information content (AvgIpc) is 0.803. The van der Waals surface area contributed by atoms with Crippen molar-refractivity contribution in [2.45, 2.75) is 109 Å². The zero-order valence-electron chi connectivity index (χ0n) is 95.8. The number of aryl methyl sites for hydroxylation is 1. The lowest BCUT2D eigenvalue weighted by Gasteiger charge is -2.42. The molecule has 11 aromatic carbocycles. The van der Waals surface area contributed by atoms with Crippen LogP contribution in [0.4, 0.5) is 0 Å². The highest BCUT2D eigenvalue weighted by atomic mass is 28.3. The van der Waals surface area contributed by atoms with E-state index >= 15 is 0 Å². The smallest absolute Gasteiger partial charge is 0.269 e. The van der Waals surface area contributed by atoms with Crippen molar-refractivity contribution in [3.63, 3.8) is 0 Å². The second-order valence-corrected chi connectivity index (χ2v) is 27.1. The molecule has 3 heterocycles. The molecule has 3 aromatic heterocycles. The summed E-state index contributed by atoms with van der Waals surface area (Å²) in [5.74, 6) is -0.0479. The minimum atomic E-state index is -4.91. The molecular formula is C89H80N4OSi. The summed E-state index contributed by atoms with van der Waals surface area (Å²) in [7, 11) is -3.38. The third-order valence-electron chi connectivity index (χ3n) is 17.4. The van der Waals surface area contributed by atoms with Gasteiger partial charge in [-0.25, -0.2) is 4.98 Å². The van der Waals surface area contributed by atoms with Crippen molar-refractivity contribution in [3.05, 3.63) is 307 Å². The van der Waals surface area contributed by atoms with Crippen molar-refractivity contribution < 1.29 is 72.4 Å². The van der Waals surface area contributed by atoms with E-state index in [0.717, 1.165) is 49.7 Å². The third kappa shape index (κ3) is 10.1. The zero-order valence-corrected chi connectivity index (χ0v) is 50.8. The summed E-state index contributed by atoms with van der Waals surface area (Å²) in [4.78, 5) is 4.84. The van der Waals surface area contributed by atoms with Crippen LogP contribution in [0.3, 0.4) is 0 Å². The van der Waals surface area contributed by atoms with Crippen LogP contribution in [-0.2, 0) is 21.7 Å². The topological polar surface area (TPSA) is 35.9 Å². The summed E-state index contributed by atoms with van der Waals surface area (Å²) in [6.45, 7) is -39.9. The Bertz CT molecular complexity index is 7100. The van der Waals surface area contributed by atoms with Crippen LogP contribution in [0, 0.1) is 13.2 Å². The lowest BCUT2D eigenvalue weighted by Crippen LogP contribution is -2.74. The van der Waals surface area contributed by atoms with Crippen LogP contribution in [0.15, 0.2) is 273 Å². The van der Waals surface area contributed by atoms with E-state index < -0.39 is 245 Å². The van der Waals surface area contributed by atoms with E-state index in [4.69, 9.17) is 53.6 Å². The zero-order chi connectivity index (χ0) is 104. The molecule has 0 aliphatic heterocycles. The Kier molecular flexibility index (Phi) is 6.74. The number of fused-ring (bicyclic) bond motifs is 6. The summed E-state index contributed by atoms with van der Waals surface area (Å²) in [6, 6.07) is 41.3. The van der Waals surface area contributed by atoms with Crippen molar-refractivity contribution in [2.24, 2.45) is 0 Å². The minimum absolute atomic E-state index is 0.00787. The Morgan fingerprint density at radius 3 is 1.64 bits per heavy atom. The van der Waals surface area contributed by atoms with E-state index in [1.165, 1.54) is 59.2 Å². The predicted molar refractivity (Wildman–Crippen MR) is 398 cm³/mol. The summed E-state index contributed by atoms with van der Waals surface area (Å²) in [5, 5.41) is 4.99. The maximum Gasteiger partial charge on any atom is 0.269 e. The van der Waals surface area contributed by atoms with Crippen molar-refractivity contribution in [2.75, 3.05) is 0 Å². The van der Waals surface area contributed by atoms with Gasteiger partial charge in [-0.3, -0.25) is 13.7 Å². The highest BCUT2D eigenvalue weighted by molar-refractivity contribution is 7.20. The van der Waals surface area contributed by atoms with Gasteiger partial charge in [0.1, 0.15) is 17.3 Å². The van der Waals surface area contributed by atoms with Gasteiger partial charge in [-0.05, 0) is 173 Å². The number of nitrogens with zero attached hydrogens (tertiary/aromatic N) is 4. The van der Waals surface area contributed by atoms with Crippen molar-refractivity contribution in [3.8, 4) is 62.1 Å². The normalized spacial score (nSPS) is 25.8. The number of aromatic nitrogens is 4. The van der Waals surface area contributed by atoms with Gasteiger partial charge in [0.2, 0.25) is 0 Å². The average molecular weight is 1300 g/mol. The van der Waals surface area contributed by atoms with Crippen LogP contribution in [-0.4, -0.2) is 22.2 Å². The first-order valence-corrected chi connectivity index (χ1v) is 31.9. The van der Waals surface area contributed by atoms with E-state index in [1.54, 1.807) is 22.8 Å². The monoisotopic (exact) mass is 1290 g/mol. The van der Waals surface area contributed by atoms with Gasteiger partial charge in [-0.2, -0.15) is 0 Å². The second kappa shape index (κ2) is 22.8. The number of rotatable bonds is 12. The van der Waals surface area contributed by atoms with Gasteiger partial charge in [-0.15, -0.1) is 0 Å². The third-order valence-corrected chi connectivity index (χ3v) is 22.1. The molecule has 0 fully saturated rings. The van der Waals surface area contributed by atoms with Gasteiger partial charge in [0.25, 0.3) is 6.33 Å². The lowest BCUT2D eigenvalue weighted by atomic mass is 9.62. The maximum absolute atomic E-state index is 10.5. The van der Waals surface area contributed by atoms with Crippen molar-refractivity contribution in [1.82, 2.24) is 14.1 Å². The lowest BCUT2D eigenvalue weighted by molar-refractivity contribution is -0.571. The van der Waals surface area contributed by atoms with E-state index in [0.29, 0.717) is 21.8 Å². The summed E-state index contributed by atoms with van der Waals surface area (Å²) in [6.07, 6.45) is -15.3. The molecule has 0 spiro atoms. The second-order valence-electron chi connectivity index (χ2n) is 23.2. The van der Waals surface area contributed by atoms with E-state index in [2.05, 4.69) is 48.8 Å². The number of imidazole rings is 1. The van der Waals surface area contributed by atoms with Gasteiger partial charge >= 0.3 is 0 Å². The molecule has 2 aliphatic rings. The predicted octanol–water partition coefficient (Wildman–Crippen LogP) is 19.4. The number of benzene rings is 11. The Morgan fingerprint density at radius 2 is 1.04 bits per heavy atom. The number of para-hydroxylation sites is 3. The molecule has 0 atom stereocenters. The Hall–Kier alpha value is -10.1. The minimum Gasteiger partial charge on any atom is -0.458 e. The molecule has 0 unspecified atom stereocenters. The fourth-order valence-electron chi connectivity index (χ4n) is 13.0. The summed E-state index contributed by atoms with van der Waals surface area (Å²) >= 11 is 0. The Labute approximate surface area is 625 Å². The van der Waals surface area contributed by atoms with Gasteiger partial charge < -0.3 is 4.74 Å². The molecular weight excluding hydrogens is 1170 g/mol. The maximum atomic E-state index is 10.5. The molecule has 466 valence electrons. The Balaban J connectivity index is 0.995. The molecule has 95 heavy (non-hydrogen) atoms. The van der Waals surface area contributed by atoms with Crippen molar-refractivity contribution in [1.29, 1.82) is 0 Å². The fourth-order valence-corrected chi connectivity index (χ4v) is 17.8. The Morgan fingerprint density at radius 1 is 0.474 bits per heavy atom. The van der Waals surface area contributed by atoms with E-state index in [1.807, 2.05) is 66.7 Å². The number of hydrogen-bond acceptors (Lipinski definition) is 2. The SMILES string of the molecule is [2H]c1c([2H])c([2H])c(-c2cnc(-n3c4ccc([Si](c5ccccc5)(c5ccccc5)c5ccccc5)cc4c4ccc(Oc5cccc(-n6[c-][n+](-c7c(-c8c([2H])c([2H])c9c(c8[2H])C(C([2H])([2H])[2H])(C([2H])([2H])[2H])C([2H])([2H])C([2H])([2H])C9(C([2H])([2H])[2H])C([2H])([2H])[2H])cccc7-c7c([2H])c([2H])c8c(c7[2H])C(C([2H])([2H])[2H])(C([2H])([2H])[2H])C([2H])([2H])C([2H])([2H])C8(C([2H])([2H])[2H])C([2H])([2H])[2H])c7ccccc76)c5)cc43)cc2C([2H])([2H])[2H])c([2H])c1[2H]. The molecule has 0 bridgehead atoms. The van der Waals surface area contributed by atoms with Crippen molar-refractivity contribution >= 4 is 61.7 Å². The number of pyridine rings is 1. The van der Waals surface area contributed by atoms with E-state index in [-0.39, 0.29) is 39.6 Å². The van der Waals surface area contributed by atoms with Crippen LogP contribution in [0.2, 0.25) is 0 Å². The molecule has 0 radical (unpaired) electrons. The molecule has 2 aliphatic carbocycles. The van der Waals surface area contributed by atoms with E-state index in [9.17, 15) is 19.2 Å². The van der Waals surface area contributed by atoms with Crippen LogP contribution >= 0.6 is 0 Å². The van der Waals surface area contributed by atoms with Crippen LogP contribution in [0.5, 0.6) is 11.5 Å². The highest BCUT2D eigenvalue weighted by Gasteiger charge is 2.43. The van der Waals surface area contributed by atoms with Gasteiger partial charge in [0, 0.05) is 76.6 Å². The standard InChI is InChI=1S/C89H80N4OSi/c1-60-52-84(90-58-75(60)61-26-14-10-15-27-61)93-80-47-43-70(95(67-30-16-11-17-31-67,68-32-18-12-19-33-68)69-34-20-13-21-35-69)57-74(80)73-44-42-66(56-83(73)93)94-65-29-24-28-64(55-65)91-59-92(82-39-23-22-38-81(82)91)85-71(62-40-45-76-78(53-62)88(6,7)50-48-86(76,2)3)36-25-37-72(85)63-41-46-77-79(54-63)89(8,9)51-49-87(77,4)5/h10-47,52-58H,48-51H2,1-9H3/i1D3,2D3,3D3,4D3,5D3,6D3,7D3,8D3,9D3,10D,14D,15D,26D,27D,40D,41D,45D,46D,48D2,49D2,50D2,51D2,53D,54D. The first-order valence-electron chi connectivity index (χ1n) is 52.9. The quantitative estimate of drug-likeness (QED) is 0.0529. The van der Waals surface area contributed by atoms with Gasteiger partial charge in [0.15, 0.2) is 8.07 Å². The molecule has 0 amide bonds. The first-order chi connectivity index (χ1) is 64.9. The van der Waals surface area contributed by atoms with Crippen LogP contribution in [0.1, 0.15) is 171 Å². The molecule has 6 heteroatoms. The molecule has 0 saturated carbocycles. The highest BCUT2D eigenvalue weighted by Crippen LogP contribution is 2.50. The summed E-state index contributed by atoms with van der Waals surface area (Å²) < 4.78 is 437. The number of hydrogen-bond donors (Lipinski definition) is 0. The molecule has 0 N–H and O–H groups in total. The summed E-state index contributed by atoms with van der Waals surface area (Å²) in [5.41, 5.74) is -33.2.